The number of carbonyl (C=O) groups excluding carboxylic acids is 1. The molecule has 1 aromatic heterocycles. The lowest BCUT2D eigenvalue weighted by atomic mass is 10.2. The second-order valence-corrected chi connectivity index (χ2v) is 8.61. The van der Waals surface area contributed by atoms with E-state index in [2.05, 4.69) is 10.5 Å². The number of hydrogen-bond donors (Lipinski definition) is 1. The molecule has 1 aliphatic rings. The van der Waals surface area contributed by atoms with Gasteiger partial charge in [-0.3, -0.25) is 4.79 Å². The summed E-state index contributed by atoms with van der Waals surface area (Å²) in [4.78, 5) is 12.7. The van der Waals surface area contributed by atoms with Gasteiger partial charge in [-0.05, 0) is 57.9 Å². The Morgan fingerprint density at radius 1 is 1.33 bits per heavy atom. The van der Waals surface area contributed by atoms with Crippen LogP contribution in [0.25, 0.3) is 0 Å². The highest BCUT2D eigenvalue weighted by atomic mass is 32.2. The Labute approximate surface area is 158 Å². The summed E-state index contributed by atoms with van der Waals surface area (Å²) in [5.74, 6) is 1.02. The molecule has 2 heterocycles. The first kappa shape index (κ1) is 19.4. The summed E-state index contributed by atoms with van der Waals surface area (Å²) in [5, 5.41) is 6.34. The number of hydrogen-bond acceptors (Lipinski definition) is 6. The Morgan fingerprint density at radius 2 is 2.04 bits per heavy atom. The largest absolute Gasteiger partial charge is 0.491 e. The van der Waals surface area contributed by atoms with Crippen molar-refractivity contribution in [1.29, 1.82) is 0 Å². The number of carbonyl (C=O) groups is 1. The molecule has 8 nitrogen and oxygen atoms in total. The summed E-state index contributed by atoms with van der Waals surface area (Å²) in [7, 11) is -3.79. The van der Waals surface area contributed by atoms with Crippen LogP contribution in [0.4, 0.5) is 5.82 Å². The van der Waals surface area contributed by atoms with Crippen LogP contribution in [-0.4, -0.2) is 42.5 Å². The lowest BCUT2D eigenvalue weighted by molar-refractivity contribution is -0.119. The van der Waals surface area contributed by atoms with E-state index in [4.69, 9.17) is 9.26 Å². The van der Waals surface area contributed by atoms with Crippen LogP contribution in [0.15, 0.2) is 39.8 Å². The normalized spacial score (nSPS) is 18.0. The summed E-state index contributed by atoms with van der Waals surface area (Å²) in [5.41, 5.74) is 0. The Morgan fingerprint density at radius 3 is 2.63 bits per heavy atom. The van der Waals surface area contributed by atoms with Gasteiger partial charge in [0.05, 0.1) is 11.0 Å². The van der Waals surface area contributed by atoms with Crippen LogP contribution in [0.2, 0.25) is 0 Å². The monoisotopic (exact) mass is 393 g/mol. The average Bonchev–Trinajstić information content (AvgIpc) is 3.24. The lowest BCUT2D eigenvalue weighted by Gasteiger charge is -2.23. The molecule has 0 radical (unpaired) electrons. The molecule has 146 valence electrons. The maximum atomic E-state index is 13.0. The molecule has 1 fully saturated rings. The molecule has 0 bridgehead atoms. The van der Waals surface area contributed by atoms with Gasteiger partial charge in [0.15, 0.2) is 5.82 Å². The fourth-order valence-corrected chi connectivity index (χ4v) is 4.68. The number of aromatic nitrogens is 1. The van der Waals surface area contributed by atoms with Crippen LogP contribution in [-0.2, 0) is 14.8 Å². The van der Waals surface area contributed by atoms with Crippen LogP contribution in [0.3, 0.4) is 0 Å². The molecular weight excluding hydrogens is 370 g/mol. The number of sulfonamides is 1. The van der Waals surface area contributed by atoms with E-state index in [1.54, 1.807) is 25.1 Å². The van der Waals surface area contributed by atoms with Crippen molar-refractivity contribution >= 4 is 21.7 Å². The van der Waals surface area contributed by atoms with Crippen molar-refractivity contribution < 1.29 is 22.5 Å². The molecule has 1 unspecified atom stereocenters. The molecule has 1 atom stereocenters. The number of ether oxygens (including phenoxy) is 1. The number of nitrogens with one attached hydrogen (secondary N) is 1. The minimum Gasteiger partial charge on any atom is -0.491 e. The van der Waals surface area contributed by atoms with Crippen molar-refractivity contribution in [3.05, 3.63) is 36.1 Å². The standard InChI is InChI=1S/C18H23N3O5S/c1-12(2)25-14-6-8-15(9-7-14)27(23,24)21-10-4-5-16(21)18(22)19-17-11-13(3)26-20-17/h6-9,11-12,16H,4-5,10H2,1-3H3,(H,19,20,22). The number of anilines is 1. The molecule has 1 aromatic carbocycles. The molecule has 3 rings (SSSR count). The second-order valence-electron chi connectivity index (χ2n) is 6.72. The Hall–Kier alpha value is -2.39. The van der Waals surface area contributed by atoms with Gasteiger partial charge in [0, 0.05) is 12.6 Å². The van der Waals surface area contributed by atoms with Gasteiger partial charge in [-0.1, -0.05) is 5.16 Å². The topological polar surface area (TPSA) is 102 Å². The third-order valence-electron chi connectivity index (χ3n) is 4.19. The summed E-state index contributed by atoms with van der Waals surface area (Å²) in [6.45, 7) is 5.80. The fraction of sp³-hybridized carbons (Fsp3) is 0.444. The molecule has 9 heteroatoms. The van der Waals surface area contributed by atoms with Crippen molar-refractivity contribution in [3.8, 4) is 5.75 Å². The maximum Gasteiger partial charge on any atom is 0.244 e. The first-order valence-corrected chi connectivity index (χ1v) is 10.2. The van der Waals surface area contributed by atoms with E-state index in [1.807, 2.05) is 13.8 Å². The van der Waals surface area contributed by atoms with Crippen LogP contribution in [0.1, 0.15) is 32.4 Å². The van der Waals surface area contributed by atoms with Crippen molar-refractivity contribution in [2.24, 2.45) is 0 Å². The van der Waals surface area contributed by atoms with Gasteiger partial charge in [-0.25, -0.2) is 8.42 Å². The Bertz CT molecular complexity index is 905. The molecule has 2 aromatic rings. The minimum absolute atomic E-state index is 0.000664. The van der Waals surface area contributed by atoms with E-state index in [-0.39, 0.29) is 16.8 Å². The first-order valence-electron chi connectivity index (χ1n) is 8.80. The Balaban J connectivity index is 1.77. The summed E-state index contributed by atoms with van der Waals surface area (Å²) in [6.07, 6.45) is 1.07. The zero-order valence-electron chi connectivity index (χ0n) is 15.5. The average molecular weight is 393 g/mol. The van der Waals surface area contributed by atoms with Crippen LogP contribution < -0.4 is 10.1 Å². The predicted octanol–water partition coefficient (Wildman–Crippen LogP) is 2.56. The molecule has 1 amide bonds. The summed E-state index contributed by atoms with van der Waals surface area (Å²) in [6, 6.07) is 7.05. The van der Waals surface area contributed by atoms with Crippen LogP contribution >= 0.6 is 0 Å². The van der Waals surface area contributed by atoms with Gasteiger partial charge in [-0.2, -0.15) is 4.31 Å². The third kappa shape index (κ3) is 4.30. The maximum absolute atomic E-state index is 13.0. The quantitative estimate of drug-likeness (QED) is 0.809. The highest BCUT2D eigenvalue weighted by Gasteiger charge is 2.39. The molecule has 0 aliphatic carbocycles. The number of nitrogens with zero attached hydrogens (tertiary/aromatic N) is 2. The van der Waals surface area contributed by atoms with E-state index in [0.717, 1.165) is 0 Å². The molecule has 1 saturated heterocycles. The zero-order valence-corrected chi connectivity index (χ0v) is 16.3. The number of amides is 1. The van der Waals surface area contributed by atoms with Crippen LogP contribution in [0.5, 0.6) is 5.75 Å². The van der Waals surface area contributed by atoms with Gasteiger partial charge in [0.25, 0.3) is 0 Å². The van der Waals surface area contributed by atoms with Crippen molar-refractivity contribution in [2.75, 3.05) is 11.9 Å². The number of aryl methyl sites for hydroxylation is 1. The van der Waals surface area contributed by atoms with E-state index in [1.165, 1.54) is 16.4 Å². The van der Waals surface area contributed by atoms with Gasteiger partial charge in [-0.15, -0.1) is 0 Å². The minimum atomic E-state index is -3.79. The predicted molar refractivity (Wildman–Crippen MR) is 99.0 cm³/mol. The van der Waals surface area contributed by atoms with Crippen molar-refractivity contribution in [2.45, 2.75) is 50.7 Å². The Kier molecular flexibility index (Phi) is 5.52. The summed E-state index contributed by atoms with van der Waals surface area (Å²) < 4.78 is 37.7. The number of rotatable bonds is 6. The van der Waals surface area contributed by atoms with Gasteiger partial charge >= 0.3 is 0 Å². The SMILES string of the molecule is Cc1cc(NC(=O)C2CCCN2S(=O)(=O)c2ccc(OC(C)C)cc2)no1. The van der Waals surface area contributed by atoms with Gasteiger partial charge in [0.1, 0.15) is 17.6 Å². The fourth-order valence-electron chi connectivity index (χ4n) is 3.02. The molecule has 1 N–H and O–H groups in total. The highest BCUT2D eigenvalue weighted by molar-refractivity contribution is 7.89. The van der Waals surface area contributed by atoms with E-state index in [9.17, 15) is 13.2 Å². The molecule has 27 heavy (non-hydrogen) atoms. The van der Waals surface area contributed by atoms with Gasteiger partial charge < -0.3 is 14.6 Å². The smallest absolute Gasteiger partial charge is 0.244 e. The summed E-state index contributed by atoms with van der Waals surface area (Å²) >= 11 is 0. The number of benzene rings is 1. The van der Waals surface area contributed by atoms with Crippen molar-refractivity contribution in [3.63, 3.8) is 0 Å². The first-order chi connectivity index (χ1) is 12.8. The molecular formula is C18H23N3O5S. The second kappa shape index (κ2) is 7.69. The zero-order chi connectivity index (χ0) is 19.6. The molecule has 1 aliphatic heterocycles. The molecule has 0 spiro atoms. The lowest BCUT2D eigenvalue weighted by Crippen LogP contribution is -2.43. The molecule has 0 saturated carbocycles. The van der Waals surface area contributed by atoms with Crippen LogP contribution in [0, 0.1) is 6.92 Å². The van der Waals surface area contributed by atoms with E-state index < -0.39 is 22.0 Å². The van der Waals surface area contributed by atoms with Gasteiger partial charge in [0.2, 0.25) is 15.9 Å². The van der Waals surface area contributed by atoms with Crippen molar-refractivity contribution in [1.82, 2.24) is 9.46 Å². The van der Waals surface area contributed by atoms with E-state index >= 15 is 0 Å². The third-order valence-corrected chi connectivity index (χ3v) is 6.11. The highest BCUT2D eigenvalue weighted by Crippen LogP contribution is 2.28. The van der Waals surface area contributed by atoms with E-state index in [0.29, 0.717) is 30.9 Å².